The number of carbonyl (C=O) groups is 1. The molecule has 0 saturated heterocycles. The fraction of sp³-hybridized carbons (Fsp3) is 0.316. The molecule has 0 heterocycles. The third-order valence-corrected chi connectivity index (χ3v) is 3.87. The van der Waals surface area contributed by atoms with Crippen LogP contribution in [0.25, 0.3) is 0 Å². The number of rotatable bonds is 9. The summed E-state index contributed by atoms with van der Waals surface area (Å²) in [6.45, 7) is 5.78. The minimum absolute atomic E-state index is 0.0857. The van der Waals surface area contributed by atoms with E-state index in [9.17, 15) is 14.9 Å². The molecule has 7 heteroatoms. The standard InChI is InChI=1S/C19H23N3O4/c1-3-21(16-8-6-7-15(2)13-16)12-11-20-19(23)14-26-18-10-5-4-9-17(18)22(24)25/h4-10,13H,3,11-12,14H2,1-2H3,(H,20,23). The molecule has 0 aromatic heterocycles. The lowest BCUT2D eigenvalue weighted by Gasteiger charge is -2.23. The SMILES string of the molecule is CCN(CCNC(=O)COc1ccccc1[N+](=O)[O-])c1cccc(C)c1. The predicted molar refractivity (Wildman–Crippen MR) is 101 cm³/mol. The first kappa shape index (κ1) is 19.2. The number of nitrogens with one attached hydrogen (secondary N) is 1. The highest BCUT2D eigenvalue weighted by Gasteiger charge is 2.15. The van der Waals surface area contributed by atoms with Crippen LogP contribution in [0.3, 0.4) is 0 Å². The van der Waals surface area contributed by atoms with Crippen molar-refractivity contribution in [3.63, 3.8) is 0 Å². The summed E-state index contributed by atoms with van der Waals surface area (Å²) in [6.07, 6.45) is 0. The van der Waals surface area contributed by atoms with Crippen molar-refractivity contribution in [2.75, 3.05) is 31.1 Å². The lowest BCUT2D eigenvalue weighted by atomic mass is 10.2. The number of hydrogen-bond acceptors (Lipinski definition) is 5. The second-order valence-corrected chi connectivity index (χ2v) is 5.78. The van der Waals surface area contributed by atoms with Gasteiger partial charge in [-0.3, -0.25) is 14.9 Å². The Hall–Kier alpha value is -3.09. The molecule has 1 amide bonds. The molecule has 0 aliphatic carbocycles. The average Bonchev–Trinajstić information content (AvgIpc) is 2.63. The third kappa shape index (κ3) is 5.47. The molecular formula is C19H23N3O4. The lowest BCUT2D eigenvalue weighted by Crippen LogP contribution is -2.37. The molecule has 0 spiro atoms. The van der Waals surface area contributed by atoms with Crippen molar-refractivity contribution in [1.82, 2.24) is 5.32 Å². The first-order valence-corrected chi connectivity index (χ1v) is 8.45. The number of ether oxygens (including phenoxy) is 1. The van der Waals surface area contributed by atoms with Crippen LogP contribution in [0, 0.1) is 17.0 Å². The van der Waals surface area contributed by atoms with Crippen LogP contribution in [-0.2, 0) is 4.79 Å². The monoisotopic (exact) mass is 357 g/mol. The van der Waals surface area contributed by atoms with Crippen molar-refractivity contribution in [1.29, 1.82) is 0 Å². The molecule has 0 fully saturated rings. The second kappa shape index (κ2) is 9.41. The summed E-state index contributed by atoms with van der Waals surface area (Å²) in [7, 11) is 0. The van der Waals surface area contributed by atoms with Crippen molar-refractivity contribution in [2.24, 2.45) is 0 Å². The van der Waals surface area contributed by atoms with E-state index in [1.807, 2.05) is 25.1 Å². The summed E-state index contributed by atoms with van der Waals surface area (Å²) in [5, 5.41) is 13.7. The molecule has 1 N–H and O–H groups in total. The van der Waals surface area contributed by atoms with Crippen LogP contribution in [-0.4, -0.2) is 37.1 Å². The van der Waals surface area contributed by atoms with Gasteiger partial charge in [0.05, 0.1) is 4.92 Å². The van der Waals surface area contributed by atoms with Crippen LogP contribution >= 0.6 is 0 Å². The van der Waals surface area contributed by atoms with Gasteiger partial charge in [0.25, 0.3) is 5.91 Å². The Kier molecular flexibility index (Phi) is 6.96. The van der Waals surface area contributed by atoms with Gasteiger partial charge in [-0.15, -0.1) is 0 Å². The Bertz CT molecular complexity index is 764. The number of nitro groups is 1. The zero-order chi connectivity index (χ0) is 18.9. The molecule has 0 aliphatic heterocycles. The minimum atomic E-state index is -0.534. The Morgan fingerprint density at radius 2 is 2.00 bits per heavy atom. The number of hydrogen-bond donors (Lipinski definition) is 1. The van der Waals surface area contributed by atoms with Crippen LogP contribution < -0.4 is 15.0 Å². The Morgan fingerprint density at radius 1 is 1.23 bits per heavy atom. The fourth-order valence-corrected chi connectivity index (χ4v) is 2.55. The number of nitrogens with zero attached hydrogens (tertiary/aromatic N) is 2. The summed E-state index contributed by atoms with van der Waals surface area (Å²) in [5.74, 6) is -0.231. The van der Waals surface area contributed by atoms with Crippen LogP contribution in [0.5, 0.6) is 5.75 Å². The summed E-state index contributed by atoms with van der Waals surface area (Å²) in [6, 6.07) is 14.2. The molecule has 2 aromatic carbocycles. The molecule has 7 nitrogen and oxygen atoms in total. The molecule has 0 unspecified atom stereocenters. The molecule has 2 aromatic rings. The van der Waals surface area contributed by atoms with Gasteiger partial charge in [-0.25, -0.2) is 0 Å². The number of anilines is 1. The van der Waals surface area contributed by atoms with Crippen molar-refractivity contribution in [2.45, 2.75) is 13.8 Å². The molecule has 26 heavy (non-hydrogen) atoms. The Morgan fingerprint density at radius 3 is 2.69 bits per heavy atom. The van der Waals surface area contributed by atoms with Gasteiger partial charge in [-0.1, -0.05) is 24.3 Å². The topological polar surface area (TPSA) is 84.7 Å². The number of aryl methyl sites for hydroxylation is 1. The van der Waals surface area contributed by atoms with E-state index in [0.717, 1.165) is 12.2 Å². The predicted octanol–water partition coefficient (Wildman–Crippen LogP) is 2.92. The first-order chi connectivity index (χ1) is 12.5. The Balaban J connectivity index is 1.81. The molecule has 0 bridgehead atoms. The summed E-state index contributed by atoms with van der Waals surface area (Å²) >= 11 is 0. The zero-order valence-electron chi connectivity index (χ0n) is 15.0. The third-order valence-electron chi connectivity index (χ3n) is 3.87. The van der Waals surface area contributed by atoms with Gasteiger partial charge in [0.15, 0.2) is 12.4 Å². The van der Waals surface area contributed by atoms with Gasteiger partial charge in [0, 0.05) is 31.4 Å². The zero-order valence-corrected chi connectivity index (χ0v) is 15.0. The second-order valence-electron chi connectivity index (χ2n) is 5.78. The lowest BCUT2D eigenvalue weighted by molar-refractivity contribution is -0.385. The quantitative estimate of drug-likeness (QED) is 0.551. The van der Waals surface area contributed by atoms with E-state index in [1.165, 1.54) is 17.7 Å². The van der Waals surface area contributed by atoms with Gasteiger partial charge in [-0.05, 0) is 37.6 Å². The highest BCUT2D eigenvalue weighted by Crippen LogP contribution is 2.25. The van der Waals surface area contributed by atoms with Crippen molar-refractivity contribution in [3.8, 4) is 5.75 Å². The summed E-state index contributed by atoms with van der Waals surface area (Å²) < 4.78 is 5.28. The maximum Gasteiger partial charge on any atom is 0.310 e. The number of carbonyl (C=O) groups excluding carboxylic acids is 1. The van der Waals surface area contributed by atoms with Gasteiger partial charge in [0.1, 0.15) is 0 Å². The van der Waals surface area contributed by atoms with Gasteiger partial charge in [0.2, 0.25) is 0 Å². The van der Waals surface area contributed by atoms with E-state index in [4.69, 9.17) is 4.74 Å². The first-order valence-electron chi connectivity index (χ1n) is 8.45. The molecule has 2 rings (SSSR count). The minimum Gasteiger partial charge on any atom is -0.477 e. The maximum atomic E-state index is 11.9. The average molecular weight is 357 g/mol. The number of amides is 1. The van der Waals surface area contributed by atoms with Gasteiger partial charge < -0.3 is 15.0 Å². The molecule has 0 radical (unpaired) electrons. The smallest absolute Gasteiger partial charge is 0.310 e. The summed E-state index contributed by atoms with van der Waals surface area (Å²) in [5.41, 5.74) is 2.14. The maximum absolute atomic E-state index is 11.9. The highest BCUT2D eigenvalue weighted by atomic mass is 16.6. The molecular weight excluding hydrogens is 334 g/mol. The molecule has 0 aliphatic rings. The molecule has 0 atom stereocenters. The van der Waals surface area contributed by atoms with Gasteiger partial charge >= 0.3 is 5.69 Å². The Labute approximate surface area is 152 Å². The van der Waals surface area contributed by atoms with E-state index < -0.39 is 4.92 Å². The number of likely N-dealkylation sites (N-methyl/N-ethyl adjacent to an activating group) is 1. The van der Waals surface area contributed by atoms with Crippen LogP contribution in [0.15, 0.2) is 48.5 Å². The van der Waals surface area contributed by atoms with Gasteiger partial charge in [-0.2, -0.15) is 0 Å². The molecule has 0 saturated carbocycles. The van der Waals surface area contributed by atoms with E-state index in [2.05, 4.69) is 23.2 Å². The van der Waals surface area contributed by atoms with Crippen LogP contribution in [0.4, 0.5) is 11.4 Å². The number of nitro benzene ring substituents is 1. The van der Waals surface area contributed by atoms with E-state index in [-0.39, 0.29) is 24.0 Å². The van der Waals surface area contributed by atoms with Crippen molar-refractivity contribution >= 4 is 17.3 Å². The fourth-order valence-electron chi connectivity index (χ4n) is 2.55. The van der Waals surface area contributed by atoms with Crippen molar-refractivity contribution in [3.05, 3.63) is 64.2 Å². The van der Waals surface area contributed by atoms with Crippen LogP contribution in [0.1, 0.15) is 12.5 Å². The highest BCUT2D eigenvalue weighted by molar-refractivity contribution is 5.77. The largest absolute Gasteiger partial charge is 0.477 e. The van der Waals surface area contributed by atoms with Crippen LogP contribution in [0.2, 0.25) is 0 Å². The van der Waals surface area contributed by atoms with E-state index in [1.54, 1.807) is 12.1 Å². The number of benzene rings is 2. The van der Waals surface area contributed by atoms with E-state index in [0.29, 0.717) is 13.1 Å². The normalized spacial score (nSPS) is 10.2. The van der Waals surface area contributed by atoms with Crippen molar-refractivity contribution < 1.29 is 14.5 Å². The summed E-state index contributed by atoms with van der Waals surface area (Å²) in [4.78, 5) is 24.5. The number of para-hydroxylation sites is 2. The van der Waals surface area contributed by atoms with E-state index >= 15 is 0 Å². The molecule has 138 valence electrons.